The molecule has 6 heteroatoms. The molecule has 0 unspecified atom stereocenters. The van der Waals surface area contributed by atoms with Crippen molar-refractivity contribution < 1.29 is 9.53 Å². The van der Waals surface area contributed by atoms with E-state index in [4.69, 9.17) is 4.74 Å². The summed E-state index contributed by atoms with van der Waals surface area (Å²) in [7, 11) is 5.47. The van der Waals surface area contributed by atoms with Crippen molar-refractivity contribution in [1.82, 2.24) is 19.6 Å². The minimum atomic E-state index is -0.128. The van der Waals surface area contributed by atoms with Crippen LogP contribution < -0.4 is 0 Å². The van der Waals surface area contributed by atoms with E-state index in [1.807, 2.05) is 11.7 Å². The maximum absolute atomic E-state index is 12.5. The summed E-state index contributed by atoms with van der Waals surface area (Å²) < 4.78 is 8.29. The molecule has 162 valence electrons. The summed E-state index contributed by atoms with van der Waals surface area (Å²) in [4.78, 5) is 16.6. The van der Waals surface area contributed by atoms with Crippen molar-refractivity contribution in [2.45, 2.75) is 57.8 Å². The number of benzene rings is 1. The van der Waals surface area contributed by atoms with Gasteiger partial charge in [0.05, 0.1) is 12.2 Å². The second-order valence-corrected chi connectivity index (χ2v) is 9.42. The lowest BCUT2D eigenvalue weighted by Crippen LogP contribution is -2.49. The molecular weight excluding hydrogens is 376 g/mol. The van der Waals surface area contributed by atoms with Gasteiger partial charge in [0, 0.05) is 58.5 Å². The van der Waals surface area contributed by atoms with Gasteiger partial charge in [-0.1, -0.05) is 38.1 Å². The van der Waals surface area contributed by atoms with E-state index in [2.05, 4.69) is 48.1 Å². The van der Waals surface area contributed by atoms with E-state index in [0.29, 0.717) is 18.2 Å². The van der Waals surface area contributed by atoms with Gasteiger partial charge in [-0.15, -0.1) is 0 Å². The number of hydrogen-bond acceptors (Lipinski definition) is 4. The molecule has 1 aromatic carbocycles. The van der Waals surface area contributed by atoms with Gasteiger partial charge in [0.2, 0.25) is 0 Å². The summed E-state index contributed by atoms with van der Waals surface area (Å²) in [5.74, 6) is 0.521. The zero-order chi connectivity index (χ0) is 21.5. The number of carbonyl (C=O) groups is 1. The highest BCUT2D eigenvalue weighted by Gasteiger charge is 2.41. The Balaban J connectivity index is 1.40. The second kappa shape index (κ2) is 8.16. The number of ether oxygens (including phenoxy) is 1. The molecule has 0 radical (unpaired) electrons. The van der Waals surface area contributed by atoms with Gasteiger partial charge in [-0.05, 0) is 29.9 Å². The number of amides is 1. The van der Waals surface area contributed by atoms with Crippen LogP contribution in [0.4, 0.5) is 0 Å². The Morgan fingerprint density at radius 1 is 1.20 bits per heavy atom. The van der Waals surface area contributed by atoms with Crippen LogP contribution in [0.5, 0.6) is 0 Å². The molecule has 2 aliphatic rings. The molecule has 3 heterocycles. The van der Waals surface area contributed by atoms with Crippen molar-refractivity contribution in [1.29, 1.82) is 0 Å². The number of aromatic nitrogens is 2. The summed E-state index contributed by atoms with van der Waals surface area (Å²) in [5.41, 5.74) is 5.30. The smallest absolute Gasteiger partial charge is 0.274 e. The molecule has 6 nitrogen and oxygen atoms in total. The number of aryl methyl sites for hydroxylation is 1. The van der Waals surface area contributed by atoms with Crippen molar-refractivity contribution in [2.24, 2.45) is 7.05 Å². The van der Waals surface area contributed by atoms with Crippen LogP contribution >= 0.6 is 0 Å². The fourth-order valence-corrected chi connectivity index (χ4v) is 4.65. The van der Waals surface area contributed by atoms with Gasteiger partial charge in [-0.2, -0.15) is 5.10 Å². The molecule has 0 aliphatic carbocycles. The number of carbonyl (C=O) groups excluding carboxylic acids is 1. The lowest BCUT2D eigenvalue weighted by atomic mass is 9.83. The average molecular weight is 411 g/mol. The van der Waals surface area contributed by atoms with E-state index in [1.54, 1.807) is 19.0 Å². The van der Waals surface area contributed by atoms with Crippen molar-refractivity contribution in [3.8, 4) is 0 Å². The molecule has 1 spiro atoms. The van der Waals surface area contributed by atoms with E-state index in [-0.39, 0.29) is 11.5 Å². The van der Waals surface area contributed by atoms with Gasteiger partial charge in [0.1, 0.15) is 0 Å². The predicted molar refractivity (Wildman–Crippen MR) is 117 cm³/mol. The van der Waals surface area contributed by atoms with E-state index in [9.17, 15) is 4.79 Å². The summed E-state index contributed by atoms with van der Waals surface area (Å²) >= 11 is 0. The van der Waals surface area contributed by atoms with E-state index < -0.39 is 0 Å². The summed E-state index contributed by atoms with van der Waals surface area (Å²) in [6.07, 6.45) is 2.86. The predicted octanol–water partition coefficient (Wildman–Crippen LogP) is 3.35. The molecule has 2 aliphatic heterocycles. The number of piperidine rings is 1. The minimum absolute atomic E-state index is 0.0512. The van der Waals surface area contributed by atoms with Crippen LogP contribution in [-0.4, -0.2) is 58.3 Å². The quantitative estimate of drug-likeness (QED) is 0.776. The molecule has 1 aromatic heterocycles. The van der Waals surface area contributed by atoms with Crippen LogP contribution in [0, 0.1) is 0 Å². The van der Waals surface area contributed by atoms with Crippen molar-refractivity contribution >= 4 is 5.91 Å². The number of nitrogens with zero attached hydrogens (tertiary/aromatic N) is 4. The van der Waals surface area contributed by atoms with Crippen LogP contribution in [0.25, 0.3) is 0 Å². The first kappa shape index (κ1) is 21.1. The van der Waals surface area contributed by atoms with Crippen molar-refractivity contribution in [3.05, 3.63) is 52.3 Å². The molecule has 2 aromatic rings. The third-order valence-corrected chi connectivity index (χ3v) is 6.72. The molecule has 1 amide bonds. The van der Waals surface area contributed by atoms with Crippen LogP contribution in [0.2, 0.25) is 0 Å². The van der Waals surface area contributed by atoms with E-state index >= 15 is 0 Å². The maximum atomic E-state index is 12.5. The van der Waals surface area contributed by atoms with Crippen LogP contribution in [0.15, 0.2) is 24.3 Å². The number of rotatable bonds is 4. The zero-order valence-electron chi connectivity index (χ0n) is 18.9. The Hall–Kier alpha value is -2.18. The first-order valence-electron chi connectivity index (χ1n) is 11.0. The SMILES string of the molecule is CC(C)c1ccc(CN2CCC3(CC2)Cc2c(c(C(=O)N(C)C)nn2C)CO3)cc1. The minimum Gasteiger partial charge on any atom is -0.370 e. The second-order valence-electron chi connectivity index (χ2n) is 9.42. The lowest BCUT2D eigenvalue weighted by molar-refractivity contribution is -0.104. The molecule has 0 N–H and O–H groups in total. The number of likely N-dealkylation sites (tertiary alicyclic amines) is 1. The van der Waals surface area contributed by atoms with Crippen molar-refractivity contribution in [3.63, 3.8) is 0 Å². The average Bonchev–Trinajstić information content (AvgIpc) is 3.05. The Kier molecular flexibility index (Phi) is 5.73. The summed E-state index contributed by atoms with van der Waals surface area (Å²) in [5, 5.41) is 4.52. The highest BCUT2D eigenvalue weighted by Crippen LogP contribution is 2.37. The molecule has 0 bridgehead atoms. The molecule has 0 atom stereocenters. The number of fused-ring (bicyclic) bond motifs is 1. The molecule has 1 fully saturated rings. The highest BCUT2D eigenvalue weighted by atomic mass is 16.5. The highest BCUT2D eigenvalue weighted by molar-refractivity contribution is 5.93. The van der Waals surface area contributed by atoms with Gasteiger partial charge < -0.3 is 9.64 Å². The first-order chi connectivity index (χ1) is 14.3. The Morgan fingerprint density at radius 3 is 2.47 bits per heavy atom. The molecular formula is C24H34N4O2. The van der Waals surface area contributed by atoms with E-state index in [0.717, 1.165) is 50.2 Å². The largest absolute Gasteiger partial charge is 0.370 e. The third-order valence-electron chi connectivity index (χ3n) is 6.72. The molecule has 30 heavy (non-hydrogen) atoms. The van der Waals surface area contributed by atoms with Crippen LogP contribution in [0.3, 0.4) is 0 Å². The normalized spacial score (nSPS) is 18.6. The molecule has 4 rings (SSSR count). The standard InChI is InChI=1S/C24H34N4O2/c1-17(2)19-8-6-18(7-9-19)15-28-12-10-24(11-13-28)14-21-20(16-30-24)22(25-27(21)5)23(29)26(3)4/h6-9,17H,10-16H2,1-5H3. The van der Waals surface area contributed by atoms with E-state index in [1.165, 1.54) is 11.1 Å². The molecule has 1 saturated heterocycles. The monoisotopic (exact) mass is 410 g/mol. The van der Waals surface area contributed by atoms with Crippen LogP contribution in [0.1, 0.15) is 65.5 Å². The number of hydrogen-bond donors (Lipinski definition) is 0. The maximum Gasteiger partial charge on any atom is 0.274 e. The Morgan fingerprint density at radius 2 is 1.87 bits per heavy atom. The lowest BCUT2D eigenvalue weighted by Gasteiger charge is -2.44. The molecule has 0 saturated carbocycles. The van der Waals surface area contributed by atoms with Gasteiger partial charge in [0.15, 0.2) is 5.69 Å². The van der Waals surface area contributed by atoms with Crippen LogP contribution in [-0.2, 0) is 31.4 Å². The fraction of sp³-hybridized carbons (Fsp3) is 0.583. The van der Waals surface area contributed by atoms with Gasteiger partial charge >= 0.3 is 0 Å². The van der Waals surface area contributed by atoms with Gasteiger partial charge in [-0.3, -0.25) is 14.4 Å². The summed E-state index contributed by atoms with van der Waals surface area (Å²) in [6.45, 7) is 8.00. The Bertz CT molecular complexity index is 906. The zero-order valence-corrected chi connectivity index (χ0v) is 18.9. The third kappa shape index (κ3) is 4.03. The van der Waals surface area contributed by atoms with Crippen molar-refractivity contribution in [2.75, 3.05) is 27.2 Å². The first-order valence-corrected chi connectivity index (χ1v) is 11.0. The Labute approximate surface area is 179 Å². The fourth-order valence-electron chi connectivity index (χ4n) is 4.65. The van der Waals surface area contributed by atoms with Gasteiger partial charge in [-0.25, -0.2) is 0 Å². The summed E-state index contributed by atoms with van der Waals surface area (Å²) in [6, 6.07) is 9.04. The topological polar surface area (TPSA) is 50.6 Å². The van der Waals surface area contributed by atoms with Gasteiger partial charge in [0.25, 0.3) is 5.91 Å².